The van der Waals surface area contributed by atoms with E-state index in [0.717, 1.165) is 0 Å². The molecule has 7 heteroatoms. The monoisotopic (exact) mass is 406 g/mol. The average molecular weight is 407 g/mol. The third kappa shape index (κ3) is 4.34. The largest absolute Gasteiger partial charge is 0.363 e. The maximum atomic E-state index is 12.9. The Kier molecular flexibility index (Phi) is 4.94. The van der Waals surface area contributed by atoms with Crippen molar-refractivity contribution in [3.8, 4) is 0 Å². The lowest BCUT2D eigenvalue weighted by Crippen LogP contribution is -2.43. The van der Waals surface area contributed by atoms with Gasteiger partial charge in [0.1, 0.15) is 0 Å². The molecular formula is C7H12BrF4ISi. The molecule has 1 atom stereocenters. The van der Waals surface area contributed by atoms with Crippen molar-refractivity contribution in [2.75, 3.05) is 0 Å². The Morgan fingerprint density at radius 3 is 1.79 bits per heavy atom. The lowest BCUT2D eigenvalue weighted by atomic mass is 10.3. The van der Waals surface area contributed by atoms with Gasteiger partial charge in [0.05, 0.1) is 8.07 Å². The first-order valence-corrected chi connectivity index (χ1v) is 9.58. The normalized spacial score (nSPS) is 16.9. The van der Waals surface area contributed by atoms with Crippen LogP contribution in [0, 0.1) is 0 Å². The molecule has 0 aromatic heterocycles. The second-order valence-corrected chi connectivity index (χ2v) is 13.3. The summed E-state index contributed by atoms with van der Waals surface area (Å²) in [7, 11) is -1.80. The van der Waals surface area contributed by atoms with E-state index < -0.39 is 25.2 Å². The maximum Gasteiger partial charge on any atom is 0.363 e. The van der Waals surface area contributed by atoms with Crippen molar-refractivity contribution in [3.05, 3.63) is 0 Å². The predicted molar refractivity (Wildman–Crippen MR) is 64.6 cm³/mol. The van der Waals surface area contributed by atoms with E-state index in [4.69, 9.17) is 0 Å². The molecule has 0 fully saturated rings. The summed E-state index contributed by atoms with van der Waals surface area (Å²) in [4.78, 5) is -4.11. The second-order valence-electron chi connectivity index (χ2n) is 4.24. The van der Waals surface area contributed by atoms with Crippen molar-refractivity contribution < 1.29 is 17.6 Å². The van der Waals surface area contributed by atoms with Crippen LogP contribution >= 0.6 is 38.5 Å². The van der Waals surface area contributed by atoms with Crippen molar-refractivity contribution >= 4 is 46.6 Å². The summed E-state index contributed by atoms with van der Waals surface area (Å²) < 4.78 is 50.3. The van der Waals surface area contributed by atoms with Crippen molar-refractivity contribution in [1.82, 2.24) is 0 Å². The Balaban J connectivity index is 4.53. The van der Waals surface area contributed by atoms with Crippen LogP contribution in [0.15, 0.2) is 0 Å². The standard InChI is InChI=1S/C7H12BrF4ISi/c1-14(2,3)5(13)4-6(9,10)7(8,11)12/h5H,4H2,1-3H3. The van der Waals surface area contributed by atoms with Gasteiger partial charge in [0.15, 0.2) is 0 Å². The van der Waals surface area contributed by atoms with Crippen LogP contribution in [0.25, 0.3) is 0 Å². The quantitative estimate of drug-likeness (QED) is 0.275. The van der Waals surface area contributed by atoms with Crippen LogP contribution < -0.4 is 0 Å². The van der Waals surface area contributed by atoms with E-state index in [1.54, 1.807) is 15.9 Å². The maximum absolute atomic E-state index is 12.9. The predicted octanol–water partition coefficient (Wildman–Crippen LogP) is 4.68. The van der Waals surface area contributed by atoms with E-state index in [9.17, 15) is 17.6 Å². The van der Waals surface area contributed by atoms with Gasteiger partial charge in [-0.25, -0.2) is 0 Å². The van der Waals surface area contributed by atoms with Gasteiger partial charge in [0.2, 0.25) is 0 Å². The Labute approximate surface area is 104 Å². The minimum Gasteiger partial charge on any atom is -0.199 e. The molecule has 86 valence electrons. The molecule has 0 saturated heterocycles. The Morgan fingerprint density at radius 2 is 1.57 bits per heavy atom. The van der Waals surface area contributed by atoms with Crippen molar-refractivity contribution in [1.29, 1.82) is 0 Å². The van der Waals surface area contributed by atoms with E-state index in [1.807, 2.05) is 42.2 Å². The third-order valence-electron chi connectivity index (χ3n) is 1.79. The van der Waals surface area contributed by atoms with Gasteiger partial charge in [0.25, 0.3) is 0 Å². The molecule has 0 aliphatic rings. The summed E-state index contributed by atoms with van der Waals surface area (Å²) in [6, 6.07) is 0. The highest BCUT2D eigenvalue weighted by molar-refractivity contribution is 14.1. The van der Waals surface area contributed by atoms with Gasteiger partial charge in [-0.1, -0.05) is 42.2 Å². The lowest BCUT2D eigenvalue weighted by molar-refractivity contribution is -0.148. The summed E-state index contributed by atoms with van der Waals surface area (Å²) in [5.41, 5.74) is 0. The van der Waals surface area contributed by atoms with Crippen LogP contribution in [0.1, 0.15) is 6.42 Å². The molecule has 0 heterocycles. The fourth-order valence-corrected chi connectivity index (χ4v) is 2.23. The van der Waals surface area contributed by atoms with Gasteiger partial charge in [0, 0.05) is 9.97 Å². The van der Waals surface area contributed by atoms with Gasteiger partial charge in [-0.3, -0.25) is 0 Å². The van der Waals surface area contributed by atoms with Gasteiger partial charge < -0.3 is 0 Å². The first-order chi connectivity index (χ1) is 5.88. The number of hydrogen-bond donors (Lipinski definition) is 0. The fraction of sp³-hybridized carbons (Fsp3) is 1.00. The molecule has 0 N–H and O–H groups in total. The highest BCUT2D eigenvalue weighted by atomic mass is 127. The molecule has 0 bridgehead atoms. The zero-order chi connectivity index (χ0) is 11.8. The fourth-order valence-electron chi connectivity index (χ4n) is 0.647. The number of alkyl halides is 6. The zero-order valence-electron chi connectivity index (χ0n) is 8.05. The molecule has 1 unspecified atom stereocenters. The molecule has 0 saturated carbocycles. The molecule has 0 rings (SSSR count). The summed E-state index contributed by atoms with van der Waals surface area (Å²) in [5, 5.41) is 0. The smallest absolute Gasteiger partial charge is 0.199 e. The van der Waals surface area contributed by atoms with E-state index in [2.05, 4.69) is 0 Å². The van der Waals surface area contributed by atoms with Gasteiger partial charge in [-0.05, 0) is 15.9 Å². The highest BCUT2D eigenvalue weighted by Crippen LogP contribution is 2.44. The molecule has 0 spiro atoms. The summed E-state index contributed by atoms with van der Waals surface area (Å²) in [6.45, 7) is 5.64. The van der Waals surface area contributed by atoms with E-state index in [-0.39, 0.29) is 3.55 Å². The minimum atomic E-state index is -4.11. The van der Waals surface area contributed by atoms with Crippen molar-refractivity contribution in [2.45, 2.75) is 40.4 Å². The Hall–Kier alpha value is 1.15. The molecule has 0 nitrogen and oxygen atoms in total. The topological polar surface area (TPSA) is 0 Å². The minimum absolute atomic E-state index is 0.376. The van der Waals surface area contributed by atoms with Gasteiger partial charge in [-0.2, -0.15) is 17.6 Å². The summed E-state index contributed by atoms with van der Waals surface area (Å²) >= 11 is 3.57. The molecule has 0 amide bonds. The van der Waals surface area contributed by atoms with Gasteiger partial charge >= 0.3 is 10.8 Å². The van der Waals surface area contributed by atoms with E-state index >= 15 is 0 Å². The first-order valence-electron chi connectivity index (χ1n) is 3.96. The molecule has 0 radical (unpaired) electrons. The Morgan fingerprint density at radius 1 is 1.21 bits per heavy atom. The molecule has 0 aliphatic heterocycles. The number of halogens is 6. The second kappa shape index (κ2) is 4.56. The summed E-state index contributed by atoms with van der Waals surface area (Å²) in [5.74, 6) is -3.97. The average Bonchev–Trinajstić information content (AvgIpc) is 1.80. The molecule has 0 aromatic carbocycles. The molecular weight excluding hydrogens is 395 g/mol. The first kappa shape index (κ1) is 15.1. The lowest BCUT2D eigenvalue weighted by Gasteiger charge is -2.29. The highest BCUT2D eigenvalue weighted by Gasteiger charge is 2.55. The number of rotatable bonds is 4. The SMILES string of the molecule is C[Si](C)(C)C(I)CC(F)(F)C(F)(F)Br. The molecule has 14 heavy (non-hydrogen) atoms. The van der Waals surface area contributed by atoms with Crippen LogP contribution in [0.4, 0.5) is 17.6 Å². The van der Waals surface area contributed by atoms with Crippen LogP contribution in [0.2, 0.25) is 19.6 Å². The van der Waals surface area contributed by atoms with Crippen LogP contribution in [0.3, 0.4) is 0 Å². The van der Waals surface area contributed by atoms with Crippen LogP contribution in [-0.4, -0.2) is 22.4 Å². The van der Waals surface area contributed by atoms with E-state index in [0.29, 0.717) is 0 Å². The molecule has 0 aliphatic carbocycles. The molecule has 0 aromatic rings. The van der Waals surface area contributed by atoms with Crippen LogP contribution in [-0.2, 0) is 0 Å². The van der Waals surface area contributed by atoms with Crippen molar-refractivity contribution in [2.24, 2.45) is 0 Å². The van der Waals surface area contributed by atoms with E-state index in [1.165, 1.54) is 0 Å². The summed E-state index contributed by atoms with van der Waals surface area (Å²) in [6.07, 6.45) is -0.776. The Bertz CT molecular complexity index is 199. The van der Waals surface area contributed by atoms with Crippen LogP contribution in [0.5, 0.6) is 0 Å². The van der Waals surface area contributed by atoms with Crippen molar-refractivity contribution in [3.63, 3.8) is 0 Å². The zero-order valence-corrected chi connectivity index (χ0v) is 12.8. The third-order valence-corrected chi connectivity index (χ3v) is 10.5. The van der Waals surface area contributed by atoms with Gasteiger partial charge in [-0.15, -0.1) is 0 Å². The number of hydrogen-bond acceptors (Lipinski definition) is 0.